The van der Waals surface area contributed by atoms with E-state index in [0.717, 1.165) is 31.2 Å². The lowest BCUT2D eigenvalue weighted by Gasteiger charge is -2.25. The Hall–Kier alpha value is -1.57. The second-order valence-electron chi connectivity index (χ2n) is 6.52. The molecule has 1 aromatic carbocycles. The van der Waals surface area contributed by atoms with Gasteiger partial charge in [-0.3, -0.25) is 0 Å². The molecule has 3 aliphatic carbocycles. The summed E-state index contributed by atoms with van der Waals surface area (Å²) < 4.78 is 5.67. The quantitative estimate of drug-likeness (QED) is 0.754. The van der Waals surface area contributed by atoms with Crippen LogP contribution in [0.1, 0.15) is 60.0 Å². The largest absolute Gasteiger partial charge is 0.458 e. The molecule has 2 nitrogen and oxygen atoms in total. The molecule has 1 aromatic rings. The number of allylic oxidation sites excluding steroid dienone is 1. The van der Waals surface area contributed by atoms with E-state index in [-0.39, 0.29) is 12.1 Å². The van der Waals surface area contributed by atoms with E-state index in [1.54, 1.807) is 0 Å². The first-order valence-electron chi connectivity index (χ1n) is 7.77. The molecule has 2 fully saturated rings. The number of aryl methyl sites for hydroxylation is 1. The summed E-state index contributed by atoms with van der Waals surface area (Å²) in [6.07, 6.45) is 12.8. The molecule has 0 radical (unpaired) electrons. The number of carbonyl (C=O) groups is 1. The molecule has 4 rings (SSSR count). The third-order valence-electron chi connectivity index (χ3n) is 5.21. The Morgan fingerprint density at radius 2 is 2.15 bits per heavy atom. The van der Waals surface area contributed by atoms with Crippen molar-refractivity contribution in [2.45, 2.75) is 51.0 Å². The predicted octanol–water partition coefficient (Wildman–Crippen LogP) is 4.14. The minimum Gasteiger partial charge on any atom is -0.458 e. The Balaban J connectivity index is 1.49. The van der Waals surface area contributed by atoms with Gasteiger partial charge in [-0.25, -0.2) is 4.79 Å². The lowest BCUT2D eigenvalue weighted by atomic mass is 9.81. The highest BCUT2D eigenvalue weighted by Gasteiger charge is 2.60. The first-order chi connectivity index (χ1) is 9.77. The van der Waals surface area contributed by atoms with Crippen molar-refractivity contribution in [3.05, 3.63) is 41.0 Å². The van der Waals surface area contributed by atoms with E-state index < -0.39 is 0 Å². The molecule has 1 unspecified atom stereocenters. The van der Waals surface area contributed by atoms with Crippen molar-refractivity contribution in [3.63, 3.8) is 0 Å². The van der Waals surface area contributed by atoms with Gasteiger partial charge in [-0.1, -0.05) is 24.6 Å². The molecule has 1 spiro atoms. The maximum Gasteiger partial charge on any atom is 0.338 e. The molecule has 0 heterocycles. The van der Waals surface area contributed by atoms with Crippen LogP contribution in [0.25, 0.3) is 6.08 Å². The fraction of sp³-hybridized carbons (Fsp3) is 0.500. The van der Waals surface area contributed by atoms with Gasteiger partial charge in [-0.15, -0.1) is 0 Å². The number of ether oxygens (including phenoxy) is 1. The standard InChI is InChI=1S/C18H20O2/c19-17(20-16-12-18(16)9-4-10-18)15-8-7-13-5-2-1-3-6-14(13)11-15/h2,5,7-8,11,16H,1,3-4,6,9-10,12H2. The molecule has 104 valence electrons. The van der Waals surface area contributed by atoms with Crippen molar-refractivity contribution < 1.29 is 9.53 Å². The van der Waals surface area contributed by atoms with Crippen LogP contribution in [0.4, 0.5) is 0 Å². The molecule has 20 heavy (non-hydrogen) atoms. The van der Waals surface area contributed by atoms with E-state index in [0.29, 0.717) is 5.41 Å². The van der Waals surface area contributed by atoms with Crippen molar-refractivity contribution in [2.75, 3.05) is 0 Å². The Morgan fingerprint density at radius 3 is 2.90 bits per heavy atom. The normalized spacial score (nSPS) is 25.5. The van der Waals surface area contributed by atoms with Gasteiger partial charge in [0.25, 0.3) is 0 Å². The third kappa shape index (κ3) is 1.98. The average molecular weight is 268 g/mol. The smallest absolute Gasteiger partial charge is 0.338 e. The van der Waals surface area contributed by atoms with E-state index >= 15 is 0 Å². The van der Waals surface area contributed by atoms with Gasteiger partial charge in [0, 0.05) is 5.41 Å². The van der Waals surface area contributed by atoms with Gasteiger partial charge in [0.05, 0.1) is 5.56 Å². The monoisotopic (exact) mass is 268 g/mol. The summed E-state index contributed by atoms with van der Waals surface area (Å²) >= 11 is 0. The Labute approximate surface area is 119 Å². The van der Waals surface area contributed by atoms with Gasteiger partial charge in [-0.2, -0.15) is 0 Å². The topological polar surface area (TPSA) is 26.3 Å². The summed E-state index contributed by atoms with van der Waals surface area (Å²) in [6, 6.07) is 6.00. The molecule has 2 heteroatoms. The number of hydrogen-bond acceptors (Lipinski definition) is 2. The molecule has 3 aliphatic rings. The van der Waals surface area contributed by atoms with Crippen LogP contribution in [0.5, 0.6) is 0 Å². The Morgan fingerprint density at radius 1 is 1.25 bits per heavy atom. The van der Waals surface area contributed by atoms with E-state index in [4.69, 9.17) is 4.74 Å². The van der Waals surface area contributed by atoms with Crippen LogP contribution in [-0.4, -0.2) is 12.1 Å². The molecule has 0 bridgehead atoms. The van der Waals surface area contributed by atoms with Crippen molar-refractivity contribution in [1.82, 2.24) is 0 Å². The van der Waals surface area contributed by atoms with Gasteiger partial charge in [-0.05, 0) is 61.8 Å². The molecule has 0 saturated heterocycles. The third-order valence-corrected chi connectivity index (χ3v) is 5.21. The van der Waals surface area contributed by atoms with E-state index in [1.165, 1.54) is 30.4 Å². The number of hydrogen-bond donors (Lipinski definition) is 0. The maximum absolute atomic E-state index is 12.3. The SMILES string of the molecule is O=C(OC1CC12CCC2)c1ccc2c(c1)CCCC=C2. The van der Waals surface area contributed by atoms with Crippen LogP contribution >= 0.6 is 0 Å². The second-order valence-corrected chi connectivity index (χ2v) is 6.52. The average Bonchev–Trinajstić information content (AvgIpc) is 3.16. The van der Waals surface area contributed by atoms with Crippen molar-refractivity contribution in [1.29, 1.82) is 0 Å². The zero-order chi connectivity index (χ0) is 13.6. The summed E-state index contributed by atoms with van der Waals surface area (Å²) in [4.78, 5) is 12.3. The second kappa shape index (κ2) is 4.47. The van der Waals surface area contributed by atoms with Gasteiger partial charge < -0.3 is 4.74 Å². The summed E-state index contributed by atoms with van der Waals surface area (Å²) in [5.41, 5.74) is 3.65. The first kappa shape index (κ1) is 12.2. The van der Waals surface area contributed by atoms with Crippen LogP contribution in [0.3, 0.4) is 0 Å². The number of rotatable bonds is 2. The van der Waals surface area contributed by atoms with E-state index in [9.17, 15) is 4.79 Å². The fourth-order valence-corrected chi connectivity index (χ4v) is 3.56. The molecule has 0 N–H and O–H groups in total. The molecular weight excluding hydrogens is 248 g/mol. The van der Waals surface area contributed by atoms with Gasteiger partial charge in [0.2, 0.25) is 0 Å². The molecule has 1 atom stereocenters. The number of benzene rings is 1. The van der Waals surface area contributed by atoms with Crippen LogP contribution in [0, 0.1) is 5.41 Å². The summed E-state index contributed by atoms with van der Waals surface area (Å²) in [6.45, 7) is 0. The summed E-state index contributed by atoms with van der Waals surface area (Å²) in [5, 5.41) is 0. The zero-order valence-corrected chi connectivity index (χ0v) is 11.7. The van der Waals surface area contributed by atoms with Crippen LogP contribution < -0.4 is 0 Å². The van der Waals surface area contributed by atoms with Gasteiger partial charge in [0.15, 0.2) is 0 Å². The zero-order valence-electron chi connectivity index (χ0n) is 11.7. The Bertz CT molecular complexity index is 581. The molecule has 0 aliphatic heterocycles. The van der Waals surface area contributed by atoms with Crippen LogP contribution in [0.2, 0.25) is 0 Å². The van der Waals surface area contributed by atoms with Crippen LogP contribution in [0.15, 0.2) is 24.3 Å². The predicted molar refractivity (Wildman–Crippen MR) is 78.5 cm³/mol. The van der Waals surface area contributed by atoms with Gasteiger partial charge >= 0.3 is 5.97 Å². The number of fused-ring (bicyclic) bond motifs is 1. The lowest BCUT2D eigenvalue weighted by Crippen LogP contribution is -2.20. The minimum atomic E-state index is -0.130. The highest BCUT2D eigenvalue weighted by atomic mass is 16.6. The highest BCUT2D eigenvalue weighted by molar-refractivity contribution is 5.90. The van der Waals surface area contributed by atoms with Crippen molar-refractivity contribution in [2.24, 2.45) is 5.41 Å². The number of esters is 1. The molecule has 0 aromatic heterocycles. The van der Waals surface area contributed by atoms with E-state index in [2.05, 4.69) is 18.2 Å². The van der Waals surface area contributed by atoms with Crippen LogP contribution in [-0.2, 0) is 11.2 Å². The highest BCUT2D eigenvalue weighted by Crippen LogP contribution is 2.62. The molecular formula is C18H20O2. The Kier molecular flexibility index (Phi) is 2.73. The van der Waals surface area contributed by atoms with Gasteiger partial charge in [0.1, 0.15) is 6.10 Å². The molecule has 0 amide bonds. The summed E-state index contributed by atoms with van der Waals surface area (Å²) in [5.74, 6) is -0.130. The lowest BCUT2D eigenvalue weighted by molar-refractivity contribution is 0.0352. The first-order valence-corrected chi connectivity index (χ1v) is 7.77. The van der Waals surface area contributed by atoms with Crippen molar-refractivity contribution in [3.8, 4) is 0 Å². The van der Waals surface area contributed by atoms with Crippen molar-refractivity contribution >= 4 is 12.0 Å². The molecule has 2 saturated carbocycles. The summed E-state index contributed by atoms with van der Waals surface area (Å²) in [7, 11) is 0. The maximum atomic E-state index is 12.3. The minimum absolute atomic E-state index is 0.130. The van der Waals surface area contributed by atoms with E-state index in [1.807, 2.05) is 12.1 Å². The fourth-order valence-electron chi connectivity index (χ4n) is 3.56. The number of carbonyl (C=O) groups excluding carboxylic acids is 1.